The number of aromatic nitrogens is 4. The SMILES string of the molecule is c1ccc(-c2ccc(C3=NC(Cn4cnnn4)(c4ccccc4)CO3)cc2)cc1. The van der Waals surface area contributed by atoms with Crippen molar-refractivity contribution < 1.29 is 4.74 Å². The van der Waals surface area contributed by atoms with Crippen molar-refractivity contribution in [3.63, 3.8) is 0 Å². The fourth-order valence-corrected chi connectivity index (χ4v) is 3.62. The van der Waals surface area contributed by atoms with Crippen molar-refractivity contribution in [2.24, 2.45) is 4.99 Å². The maximum Gasteiger partial charge on any atom is 0.217 e. The van der Waals surface area contributed by atoms with Crippen LogP contribution in [0.1, 0.15) is 11.1 Å². The van der Waals surface area contributed by atoms with Gasteiger partial charge in [-0.1, -0.05) is 72.8 Å². The molecule has 2 heterocycles. The van der Waals surface area contributed by atoms with Gasteiger partial charge in [0.05, 0.1) is 6.54 Å². The summed E-state index contributed by atoms with van der Waals surface area (Å²) in [5.74, 6) is 0.640. The van der Waals surface area contributed by atoms with Crippen LogP contribution in [0.15, 0.2) is 96.2 Å². The Morgan fingerprint density at radius 1 is 0.793 bits per heavy atom. The highest BCUT2D eigenvalue weighted by atomic mass is 16.5. The van der Waals surface area contributed by atoms with E-state index in [1.165, 1.54) is 5.56 Å². The van der Waals surface area contributed by atoms with E-state index < -0.39 is 5.54 Å². The summed E-state index contributed by atoms with van der Waals surface area (Å²) in [4.78, 5) is 5.02. The Kier molecular flexibility index (Phi) is 4.37. The van der Waals surface area contributed by atoms with Crippen molar-refractivity contribution in [3.05, 3.63) is 102 Å². The molecule has 0 saturated heterocycles. The summed E-state index contributed by atoms with van der Waals surface area (Å²) in [6.07, 6.45) is 1.60. The van der Waals surface area contributed by atoms with Crippen molar-refractivity contribution in [3.8, 4) is 11.1 Å². The van der Waals surface area contributed by atoms with Gasteiger partial charge < -0.3 is 4.74 Å². The molecule has 0 bridgehead atoms. The van der Waals surface area contributed by atoms with E-state index in [1.807, 2.05) is 36.4 Å². The molecule has 5 rings (SSSR count). The minimum atomic E-state index is -0.565. The summed E-state index contributed by atoms with van der Waals surface area (Å²) in [5, 5.41) is 11.5. The first-order valence-electron chi connectivity index (χ1n) is 9.47. The topological polar surface area (TPSA) is 65.2 Å². The lowest BCUT2D eigenvalue weighted by Gasteiger charge is -2.23. The van der Waals surface area contributed by atoms with Gasteiger partial charge in [0.25, 0.3) is 0 Å². The minimum Gasteiger partial charge on any atom is -0.474 e. The summed E-state index contributed by atoms with van der Waals surface area (Å²) < 4.78 is 7.77. The van der Waals surface area contributed by atoms with Gasteiger partial charge in [0.2, 0.25) is 5.90 Å². The number of hydrogen-bond donors (Lipinski definition) is 0. The molecular formula is C23H19N5O. The maximum atomic E-state index is 6.07. The second-order valence-corrected chi connectivity index (χ2v) is 7.05. The molecule has 1 unspecified atom stereocenters. The first-order chi connectivity index (χ1) is 14.3. The Hall–Kier alpha value is -3.80. The first kappa shape index (κ1) is 17.3. The molecule has 0 radical (unpaired) electrons. The number of hydrogen-bond acceptors (Lipinski definition) is 5. The van der Waals surface area contributed by atoms with Crippen LogP contribution < -0.4 is 0 Å². The fourth-order valence-electron chi connectivity index (χ4n) is 3.62. The highest BCUT2D eigenvalue weighted by molar-refractivity contribution is 5.96. The summed E-state index contributed by atoms with van der Waals surface area (Å²) in [6.45, 7) is 0.947. The van der Waals surface area contributed by atoms with Gasteiger partial charge in [0, 0.05) is 5.56 Å². The molecule has 0 spiro atoms. The van der Waals surface area contributed by atoms with Gasteiger partial charge >= 0.3 is 0 Å². The number of benzene rings is 3. The molecule has 0 saturated carbocycles. The third kappa shape index (κ3) is 3.40. The highest BCUT2D eigenvalue weighted by Gasteiger charge is 2.39. The summed E-state index contributed by atoms with van der Waals surface area (Å²) in [7, 11) is 0. The highest BCUT2D eigenvalue weighted by Crippen LogP contribution is 2.34. The molecule has 29 heavy (non-hydrogen) atoms. The average molecular weight is 381 g/mol. The predicted octanol–water partition coefficient (Wildman–Crippen LogP) is 3.71. The Morgan fingerprint density at radius 2 is 1.45 bits per heavy atom. The zero-order valence-electron chi connectivity index (χ0n) is 15.7. The molecule has 1 aliphatic heterocycles. The van der Waals surface area contributed by atoms with Crippen molar-refractivity contribution in [2.75, 3.05) is 6.61 Å². The molecule has 6 nitrogen and oxygen atoms in total. The van der Waals surface area contributed by atoms with E-state index in [9.17, 15) is 0 Å². The van der Waals surface area contributed by atoms with Crippen molar-refractivity contribution in [1.29, 1.82) is 0 Å². The van der Waals surface area contributed by atoms with Gasteiger partial charge in [-0.25, -0.2) is 9.67 Å². The quantitative estimate of drug-likeness (QED) is 0.529. The first-order valence-corrected chi connectivity index (χ1v) is 9.47. The van der Waals surface area contributed by atoms with E-state index >= 15 is 0 Å². The molecule has 0 aliphatic carbocycles. The lowest BCUT2D eigenvalue weighted by Crippen LogP contribution is -2.31. The Morgan fingerprint density at radius 3 is 2.14 bits per heavy atom. The zero-order valence-corrected chi connectivity index (χ0v) is 15.7. The van der Waals surface area contributed by atoms with Crippen LogP contribution >= 0.6 is 0 Å². The maximum absolute atomic E-state index is 6.07. The van der Waals surface area contributed by atoms with Crippen molar-refractivity contribution >= 4 is 5.90 Å². The number of nitrogens with zero attached hydrogens (tertiary/aromatic N) is 5. The molecule has 0 amide bonds. The molecule has 1 aromatic heterocycles. The van der Waals surface area contributed by atoms with Gasteiger partial charge in [-0.3, -0.25) is 0 Å². The Balaban J connectivity index is 1.49. The van der Waals surface area contributed by atoms with Gasteiger partial charge in [-0.2, -0.15) is 0 Å². The van der Waals surface area contributed by atoms with E-state index in [0.717, 1.165) is 16.7 Å². The van der Waals surface area contributed by atoms with E-state index in [-0.39, 0.29) is 0 Å². The van der Waals surface area contributed by atoms with Crippen LogP contribution in [0.5, 0.6) is 0 Å². The second kappa shape index (κ2) is 7.31. The van der Waals surface area contributed by atoms with Crippen LogP contribution in [-0.2, 0) is 16.8 Å². The lowest BCUT2D eigenvalue weighted by atomic mass is 9.91. The van der Waals surface area contributed by atoms with Gasteiger partial charge in [0.15, 0.2) is 0 Å². The summed E-state index contributed by atoms with van der Waals surface area (Å²) in [5.41, 5.74) is 3.82. The molecule has 1 atom stereocenters. The largest absolute Gasteiger partial charge is 0.474 e. The molecular weight excluding hydrogens is 362 g/mol. The molecule has 0 N–H and O–H groups in total. The smallest absolute Gasteiger partial charge is 0.217 e. The van der Waals surface area contributed by atoms with Gasteiger partial charge in [-0.15, -0.1) is 5.10 Å². The third-order valence-electron chi connectivity index (χ3n) is 5.13. The normalized spacial score (nSPS) is 18.3. The van der Waals surface area contributed by atoms with Crippen LogP contribution in [0, 0.1) is 0 Å². The third-order valence-corrected chi connectivity index (χ3v) is 5.13. The van der Waals surface area contributed by atoms with Crippen LogP contribution in [0.4, 0.5) is 0 Å². The molecule has 4 aromatic rings. The van der Waals surface area contributed by atoms with Crippen LogP contribution in [0.2, 0.25) is 0 Å². The molecule has 6 heteroatoms. The molecule has 1 aliphatic rings. The average Bonchev–Trinajstić information content (AvgIpc) is 3.46. The molecule has 3 aromatic carbocycles. The Labute approximate surface area is 168 Å². The standard InChI is InChI=1S/C23H19N5O/c1-3-7-18(8-4-1)19-11-13-20(14-12-19)22-25-23(16-29-22,15-28-17-24-26-27-28)21-9-5-2-6-10-21/h1-14,17H,15-16H2. The van der Waals surface area contributed by atoms with E-state index in [2.05, 4.69) is 64.1 Å². The van der Waals surface area contributed by atoms with Crippen LogP contribution in [0.3, 0.4) is 0 Å². The Bertz CT molecular complexity index is 1110. The van der Waals surface area contributed by atoms with E-state index in [1.54, 1.807) is 11.0 Å². The second-order valence-electron chi connectivity index (χ2n) is 7.05. The zero-order chi connectivity index (χ0) is 19.5. The van der Waals surface area contributed by atoms with Crippen molar-refractivity contribution in [1.82, 2.24) is 20.2 Å². The van der Waals surface area contributed by atoms with Gasteiger partial charge in [0.1, 0.15) is 18.5 Å². The number of rotatable bonds is 5. The summed E-state index contributed by atoms with van der Waals surface area (Å²) >= 11 is 0. The minimum absolute atomic E-state index is 0.437. The monoisotopic (exact) mass is 381 g/mol. The number of aliphatic imine (C=N–C) groups is 1. The van der Waals surface area contributed by atoms with E-state index in [0.29, 0.717) is 19.0 Å². The van der Waals surface area contributed by atoms with Gasteiger partial charge in [-0.05, 0) is 39.2 Å². The predicted molar refractivity (Wildman–Crippen MR) is 110 cm³/mol. The van der Waals surface area contributed by atoms with Crippen LogP contribution in [-0.4, -0.2) is 32.7 Å². The van der Waals surface area contributed by atoms with Crippen LogP contribution in [0.25, 0.3) is 11.1 Å². The van der Waals surface area contributed by atoms with Crippen molar-refractivity contribution in [2.45, 2.75) is 12.1 Å². The molecule has 0 fully saturated rings. The number of ether oxygens (including phenoxy) is 1. The number of tetrazole rings is 1. The summed E-state index contributed by atoms with van der Waals surface area (Å²) in [6, 6.07) is 28.8. The van der Waals surface area contributed by atoms with E-state index in [4.69, 9.17) is 9.73 Å². The lowest BCUT2D eigenvalue weighted by molar-refractivity contribution is 0.229. The molecule has 142 valence electrons. The fraction of sp³-hybridized carbons (Fsp3) is 0.130.